The monoisotopic (exact) mass is 177 g/mol. The second-order valence-corrected chi connectivity index (χ2v) is 2.62. The lowest BCUT2D eigenvalue weighted by molar-refractivity contribution is 0.0869. The Bertz CT molecular complexity index is 321. The fraction of sp³-hybridized carbons (Fsp3) is 0.111. The van der Waals surface area contributed by atoms with Gasteiger partial charge < -0.3 is 5.73 Å². The molecule has 4 nitrogen and oxygen atoms in total. The Balaban J connectivity index is 2.86. The number of hydrogen-bond acceptors (Lipinski definition) is 2. The maximum absolute atomic E-state index is 11.5. The van der Waals surface area contributed by atoms with Crippen molar-refractivity contribution in [2.75, 3.05) is 7.05 Å². The van der Waals surface area contributed by atoms with E-state index in [-0.39, 0.29) is 11.9 Å². The molecule has 1 aromatic carbocycles. The highest BCUT2D eigenvalue weighted by atomic mass is 16.2. The molecule has 0 saturated heterocycles. The van der Waals surface area contributed by atoms with Crippen LogP contribution in [-0.4, -0.2) is 23.8 Å². The van der Waals surface area contributed by atoms with Gasteiger partial charge in [0.05, 0.1) is 0 Å². The van der Waals surface area contributed by atoms with Crippen molar-refractivity contribution in [2.24, 2.45) is 5.73 Å². The van der Waals surface area contributed by atoms with Gasteiger partial charge in [-0.15, -0.1) is 0 Å². The molecule has 0 heterocycles. The number of hydrogen-bond donors (Lipinski definition) is 2. The van der Waals surface area contributed by atoms with Crippen molar-refractivity contribution in [3.05, 3.63) is 35.9 Å². The first kappa shape index (κ1) is 9.25. The highest BCUT2D eigenvalue weighted by molar-refractivity contribution is 6.04. The Hall–Kier alpha value is -1.84. The Morgan fingerprint density at radius 1 is 1.38 bits per heavy atom. The van der Waals surface area contributed by atoms with Gasteiger partial charge in [0.15, 0.2) is 5.96 Å². The minimum atomic E-state index is -0.270. The molecule has 0 radical (unpaired) electrons. The van der Waals surface area contributed by atoms with Crippen molar-refractivity contribution < 1.29 is 4.79 Å². The number of nitrogens with one attached hydrogen (secondary N) is 1. The average Bonchev–Trinajstić information content (AvgIpc) is 2.17. The normalized spacial score (nSPS) is 9.31. The van der Waals surface area contributed by atoms with E-state index in [9.17, 15) is 4.79 Å². The Morgan fingerprint density at radius 3 is 2.38 bits per heavy atom. The highest BCUT2D eigenvalue weighted by Gasteiger charge is 2.12. The number of nitrogens with two attached hydrogens (primary N) is 1. The fourth-order valence-electron chi connectivity index (χ4n) is 0.884. The van der Waals surface area contributed by atoms with Crippen molar-refractivity contribution >= 4 is 11.9 Å². The number of nitrogens with zero attached hydrogens (tertiary/aromatic N) is 1. The number of carbonyl (C=O) groups excluding carboxylic acids is 1. The minimum Gasteiger partial charge on any atom is -0.370 e. The lowest BCUT2D eigenvalue weighted by atomic mass is 10.2. The molecule has 0 aliphatic rings. The van der Waals surface area contributed by atoms with Crippen molar-refractivity contribution in [3.8, 4) is 0 Å². The predicted molar refractivity (Wildman–Crippen MR) is 50.4 cm³/mol. The molecule has 0 aliphatic carbocycles. The van der Waals surface area contributed by atoms with E-state index in [4.69, 9.17) is 11.1 Å². The standard InChI is InChI=1S/C9H11N3O/c1-12(9(10)11)8(13)7-5-3-2-4-6-7/h2-6H,1H3,(H3,10,11). The van der Waals surface area contributed by atoms with E-state index in [1.807, 2.05) is 6.07 Å². The summed E-state index contributed by atoms with van der Waals surface area (Å²) in [4.78, 5) is 12.6. The van der Waals surface area contributed by atoms with Crippen LogP contribution in [0, 0.1) is 5.41 Å². The zero-order valence-electron chi connectivity index (χ0n) is 7.32. The van der Waals surface area contributed by atoms with E-state index in [0.717, 1.165) is 4.90 Å². The van der Waals surface area contributed by atoms with E-state index in [2.05, 4.69) is 0 Å². The van der Waals surface area contributed by atoms with E-state index in [1.165, 1.54) is 7.05 Å². The minimum absolute atomic E-state index is 0.256. The fourth-order valence-corrected chi connectivity index (χ4v) is 0.884. The van der Waals surface area contributed by atoms with Crippen LogP contribution in [0.4, 0.5) is 0 Å². The summed E-state index contributed by atoms with van der Waals surface area (Å²) in [6, 6.07) is 8.72. The molecule has 68 valence electrons. The number of benzene rings is 1. The van der Waals surface area contributed by atoms with Gasteiger partial charge in [0.2, 0.25) is 0 Å². The molecular weight excluding hydrogens is 166 g/mol. The van der Waals surface area contributed by atoms with Crippen molar-refractivity contribution in [3.63, 3.8) is 0 Å². The molecule has 0 aliphatic heterocycles. The van der Waals surface area contributed by atoms with Gasteiger partial charge in [0, 0.05) is 12.6 Å². The summed E-state index contributed by atoms with van der Waals surface area (Å²) in [7, 11) is 1.47. The molecule has 0 atom stereocenters. The van der Waals surface area contributed by atoms with Crippen molar-refractivity contribution in [1.82, 2.24) is 4.90 Å². The van der Waals surface area contributed by atoms with E-state index in [1.54, 1.807) is 24.3 Å². The van der Waals surface area contributed by atoms with E-state index >= 15 is 0 Å². The van der Waals surface area contributed by atoms with E-state index < -0.39 is 0 Å². The molecule has 0 fully saturated rings. The summed E-state index contributed by atoms with van der Waals surface area (Å²) in [5, 5.41) is 7.06. The van der Waals surface area contributed by atoms with Gasteiger partial charge in [-0.2, -0.15) is 0 Å². The number of guanidine groups is 1. The maximum Gasteiger partial charge on any atom is 0.260 e. The highest BCUT2D eigenvalue weighted by Crippen LogP contribution is 2.01. The smallest absolute Gasteiger partial charge is 0.260 e. The third kappa shape index (κ3) is 2.05. The number of amides is 1. The van der Waals surface area contributed by atoms with Crippen LogP contribution in [0.25, 0.3) is 0 Å². The summed E-state index contributed by atoms with van der Waals surface area (Å²) >= 11 is 0. The third-order valence-corrected chi connectivity index (χ3v) is 1.69. The SMILES string of the molecule is CN(C(=N)N)C(=O)c1ccccc1. The largest absolute Gasteiger partial charge is 0.370 e. The van der Waals surface area contributed by atoms with Crippen LogP contribution >= 0.6 is 0 Å². The third-order valence-electron chi connectivity index (χ3n) is 1.69. The summed E-state index contributed by atoms with van der Waals surface area (Å²) in [5.74, 6) is -0.526. The van der Waals surface area contributed by atoms with Gasteiger partial charge in [-0.05, 0) is 12.1 Å². The summed E-state index contributed by atoms with van der Waals surface area (Å²) in [5.41, 5.74) is 5.69. The van der Waals surface area contributed by atoms with Crippen LogP contribution < -0.4 is 5.73 Å². The second-order valence-electron chi connectivity index (χ2n) is 2.62. The van der Waals surface area contributed by atoms with Crippen LogP contribution in [0.15, 0.2) is 30.3 Å². The summed E-state index contributed by atoms with van der Waals surface area (Å²) in [6.07, 6.45) is 0. The van der Waals surface area contributed by atoms with Gasteiger partial charge >= 0.3 is 0 Å². The van der Waals surface area contributed by atoms with Gasteiger partial charge in [0.1, 0.15) is 0 Å². The Labute approximate surface area is 76.5 Å². The summed E-state index contributed by atoms with van der Waals surface area (Å²) < 4.78 is 0. The van der Waals surface area contributed by atoms with Crippen LogP contribution in [0.3, 0.4) is 0 Å². The lowest BCUT2D eigenvalue weighted by Crippen LogP contribution is -2.37. The zero-order chi connectivity index (χ0) is 9.84. The van der Waals surface area contributed by atoms with Gasteiger partial charge in [-0.3, -0.25) is 15.1 Å². The van der Waals surface area contributed by atoms with Crippen LogP contribution in [-0.2, 0) is 0 Å². The van der Waals surface area contributed by atoms with Crippen molar-refractivity contribution in [2.45, 2.75) is 0 Å². The topological polar surface area (TPSA) is 70.2 Å². The summed E-state index contributed by atoms with van der Waals surface area (Å²) in [6.45, 7) is 0. The van der Waals surface area contributed by atoms with Gasteiger partial charge in [0.25, 0.3) is 5.91 Å². The molecule has 0 aromatic heterocycles. The molecule has 13 heavy (non-hydrogen) atoms. The first-order valence-corrected chi connectivity index (χ1v) is 3.80. The Kier molecular flexibility index (Phi) is 2.64. The molecule has 1 rings (SSSR count). The van der Waals surface area contributed by atoms with Crippen LogP contribution in [0.5, 0.6) is 0 Å². The Morgan fingerprint density at radius 2 is 1.92 bits per heavy atom. The lowest BCUT2D eigenvalue weighted by Gasteiger charge is -2.13. The molecular formula is C9H11N3O. The first-order valence-electron chi connectivity index (χ1n) is 3.80. The zero-order valence-corrected chi connectivity index (χ0v) is 7.32. The molecule has 0 unspecified atom stereocenters. The molecule has 0 saturated carbocycles. The average molecular weight is 177 g/mol. The molecule has 0 spiro atoms. The molecule has 1 amide bonds. The maximum atomic E-state index is 11.5. The molecule has 3 N–H and O–H groups in total. The first-order chi connectivity index (χ1) is 6.13. The predicted octanol–water partition coefficient (Wildman–Crippen LogP) is 0.652. The molecule has 4 heteroatoms. The van der Waals surface area contributed by atoms with Gasteiger partial charge in [-0.1, -0.05) is 18.2 Å². The molecule has 1 aromatic rings. The quantitative estimate of drug-likeness (QED) is 0.488. The van der Waals surface area contributed by atoms with Crippen LogP contribution in [0.2, 0.25) is 0 Å². The number of rotatable bonds is 1. The van der Waals surface area contributed by atoms with Crippen LogP contribution in [0.1, 0.15) is 10.4 Å². The second kappa shape index (κ2) is 3.71. The van der Waals surface area contributed by atoms with Crippen molar-refractivity contribution in [1.29, 1.82) is 5.41 Å². The van der Waals surface area contributed by atoms with Gasteiger partial charge in [-0.25, -0.2) is 0 Å². The van der Waals surface area contributed by atoms with E-state index in [0.29, 0.717) is 5.56 Å². The number of carbonyl (C=O) groups is 1. The molecule has 0 bridgehead atoms.